The van der Waals surface area contributed by atoms with E-state index in [2.05, 4.69) is 0 Å². The fraction of sp³-hybridized carbons (Fsp3) is 0.857. The summed E-state index contributed by atoms with van der Waals surface area (Å²) in [6.07, 6.45) is 2.11. The molecule has 0 aromatic carbocycles. The summed E-state index contributed by atoms with van der Waals surface area (Å²) in [6.45, 7) is 7.81. The van der Waals surface area contributed by atoms with E-state index in [1.807, 2.05) is 27.7 Å². The van der Waals surface area contributed by atoms with E-state index in [1.54, 1.807) is 11.9 Å². The SMILES string of the molecule is CC(CN(C)C(=O)C12CC1C2)C(=O)OC(C)(C)C. The zero-order chi connectivity index (χ0) is 13.7. The molecule has 0 bridgehead atoms. The van der Waals surface area contributed by atoms with Crippen LogP contribution in [0.3, 0.4) is 0 Å². The number of nitrogens with zero attached hydrogens (tertiary/aromatic N) is 1. The lowest BCUT2D eigenvalue weighted by Gasteiger charge is -2.25. The number of hydrogen-bond acceptors (Lipinski definition) is 3. The third-order valence-electron chi connectivity index (χ3n) is 3.81. The summed E-state index contributed by atoms with van der Waals surface area (Å²) in [5.41, 5.74) is -0.479. The van der Waals surface area contributed by atoms with E-state index in [1.165, 1.54) is 0 Å². The summed E-state index contributed by atoms with van der Waals surface area (Å²) in [5.74, 6) is 0.348. The molecule has 0 N–H and O–H groups in total. The van der Waals surface area contributed by atoms with Crippen LogP contribution in [0.4, 0.5) is 0 Å². The summed E-state index contributed by atoms with van der Waals surface area (Å²) in [5, 5.41) is 0. The molecule has 1 amide bonds. The number of carbonyl (C=O) groups excluding carboxylic acids is 2. The molecule has 18 heavy (non-hydrogen) atoms. The molecule has 0 heterocycles. The Morgan fingerprint density at radius 2 is 1.89 bits per heavy atom. The number of fused-ring (bicyclic) bond motifs is 1. The third-order valence-corrected chi connectivity index (χ3v) is 3.81. The molecule has 2 aliphatic carbocycles. The van der Waals surface area contributed by atoms with Crippen molar-refractivity contribution in [3.05, 3.63) is 0 Å². The first-order chi connectivity index (χ1) is 8.16. The molecule has 2 rings (SSSR count). The van der Waals surface area contributed by atoms with Crippen molar-refractivity contribution in [1.29, 1.82) is 0 Å². The molecule has 4 nitrogen and oxygen atoms in total. The van der Waals surface area contributed by atoms with Gasteiger partial charge in [0.2, 0.25) is 5.91 Å². The van der Waals surface area contributed by atoms with Gasteiger partial charge in [0.25, 0.3) is 0 Å². The Bertz CT molecular complexity index is 377. The van der Waals surface area contributed by atoms with Crippen LogP contribution in [0.15, 0.2) is 0 Å². The van der Waals surface area contributed by atoms with Crippen LogP contribution in [0, 0.1) is 17.3 Å². The minimum Gasteiger partial charge on any atom is -0.460 e. The van der Waals surface area contributed by atoms with Crippen LogP contribution >= 0.6 is 0 Å². The molecule has 2 aliphatic rings. The zero-order valence-electron chi connectivity index (χ0n) is 11.9. The van der Waals surface area contributed by atoms with E-state index in [-0.39, 0.29) is 23.2 Å². The van der Waals surface area contributed by atoms with E-state index in [0.717, 1.165) is 12.8 Å². The van der Waals surface area contributed by atoms with Gasteiger partial charge in [0, 0.05) is 13.6 Å². The van der Waals surface area contributed by atoms with Gasteiger partial charge in [0.15, 0.2) is 0 Å². The van der Waals surface area contributed by atoms with E-state index in [9.17, 15) is 9.59 Å². The van der Waals surface area contributed by atoms with Crippen molar-refractivity contribution in [3.63, 3.8) is 0 Å². The smallest absolute Gasteiger partial charge is 0.310 e. The quantitative estimate of drug-likeness (QED) is 0.718. The first-order valence-corrected chi connectivity index (χ1v) is 6.64. The van der Waals surface area contributed by atoms with Crippen LogP contribution in [0.2, 0.25) is 0 Å². The molecule has 2 saturated carbocycles. The third kappa shape index (κ3) is 2.52. The molecule has 0 spiro atoms. The summed E-state index contributed by atoms with van der Waals surface area (Å²) >= 11 is 0. The van der Waals surface area contributed by atoms with Gasteiger partial charge in [0.1, 0.15) is 5.60 Å². The largest absolute Gasteiger partial charge is 0.460 e. The number of rotatable bonds is 4. The highest BCUT2D eigenvalue weighted by Gasteiger charge is 2.75. The first-order valence-electron chi connectivity index (χ1n) is 6.64. The summed E-state index contributed by atoms with van der Waals surface area (Å²) in [4.78, 5) is 25.6. The predicted molar refractivity (Wildman–Crippen MR) is 67.8 cm³/mol. The molecule has 4 heteroatoms. The number of carbonyl (C=O) groups is 2. The van der Waals surface area contributed by atoms with Gasteiger partial charge >= 0.3 is 5.97 Å². The Hall–Kier alpha value is -1.06. The molecule has 0 aromatic rings. The van der Waals surface area contributed by atoms with Crippen molar-refractivity contribution >= 4 is 11.9 Å². The Morgan fingerprint density at radius 1 is 1.39 bits per heavy atom. The van der Waals surface area contributed by atoms with Gasteiger partial charge in [-0.3, -0.25) is 9.59 Å². The second kappa shape index (κ2) is 3.97. The van der Waals surface area contributed by atoms with Crippen LogP contribution < -0.4 is 0 Å². The maximum atomic E-state index is 12.1. The Balaban J connectivity index is 1.81. The molecule has 2 fully saturated rings. The Morgan fingerprint density at radius 3 is 2.28 bits per heavy atom. The maximum absolute atomic E-state index is 12.1. The van der Waals surface area contributed by atoms with Crippen molar-refractivity contribution in [2.45, 2.75) is 46.1 Å². The number of amides is 1. The van der Waals surface area contributed by atoms with Crippen LogP contribution in [0.25, 0.3) is 0 Å². The number of hydrogen-bond donors (Lipinski definition) is 0. The van der Waals surface area contributed by atoms with Gasteiger partial charge in [-0.2, -0.15) is 0 Å². The second-order valence-corrected chi connectivity index (χ2v) is 6.88. The summed E-state index contributed by atoms with van der Waals surface area (Å²) in [7, 11) is 1.78. The van der Waals surface area contributed by atoms with E-state index in [4.69, 9.17) is 4.74 Å². The van der Waals surface area contributed by atoms with Gasteiger partial charge in [0.05, 0.1) is 11.3 Å². The molecule has 1 atom stereocenters. The van der Waals surface area contributed by atoms with Crippen molar-refractivity contribution in [3.8, 4) is 0 Å². The average molecular weight is 253 g/mol. The van der Waals surface area contributed by atoms with Crippen LogP contribution in [-0.2, 0) is 14.3 Å². The lowest BCUT2D eigenvalue weighted by molar-refractivity contribution is -0.160. The van der Waals surface area contributed by atoms with Crippen LogP contribution in [-0.4, -0.2) is 36.0 Å². The lowest BCUT2D eigenvalue weighted by Crippen LogP contribution is -2.38. The molecule has 0 aromatic heterocycles. The molecule has 0 saturated heterocycles. The summed E-state index contributed by atoms with van der Waals surface area (Å²) in [6, 6.07) is 0. The van der Waals surface area contributed by atoms with Gasteiger partial charge in [-0.15, -0.1) is 0 Å². The molecule has 1 unspecified atom stereocenters. The van der Waals surface area contributed by atoms with Crippen molar-refractivity contribution in [2.75, 3.05) is 13.6 Å². The van der Waals surface area contributed by atoms with E-state index >= 15 is 0 Å². The minimum absolute atomic E-state index is 0.0115. The molecule has 0 radical (unpaired) electrons. The van der Waals surface area contributed by atoms with Crippen molar-refractivity contribution < 1.29 is 14.3 Å². The van der Waals surface area contributed by atoms with Crippen molar-refractivity contribution in [2.24, 2.45) is 17.3 Å². The number of esters is 1. The normalized spacial score (nSPS) is 30.2. The van der Waals surface area contributed by atoms with Gasteiger partial charge in [-0.25, -0.2) is 0 Å². The zero-order valence-corrected chi connectivity index (χ0v) is 11.9. The maximum Gasteiger partial charge on any atom is 0.310 e. The van der Waals surface area contributed by atoms with Crippen LogP contribution in [0.5, 0.6) is 0 Å². The molecule has 102 valence electrons. The van der Waals surface area contributed by atoms with Gasteiger partial charge < -0.3 is 9.64 Å². The Kier molecular flexibility index (Phi) is 2.95. The standard InChI is InChI=1S/C14H23NO3/c1-9(11(16)18-13(2,3)4)8-15(5)12(17)14-6-10(14)7-14/h9-10H,6-8H2,1-5H3. The highest BCUT2D eigenvalue weighted by atomic mass is 16.6. The lowest BCUT2D eigenvalue weighted by atomic mass is 10.1. The molecular weight excluding hydrogens is 230 g/mol. The average Bonchev–Trinajstić information content (AvgIpc) is 3.00. The highest BCUT2D eigenvalue weighted by Crippen LogP contribution is 2.75. The summed E-state index contributed by atoms with van der Waals surface area (Å²) < 4.78 is 5.31. The first kappa shape index (κ1) is 13.4. The van der Waals surface area contributed by atoms with E-state index in [0.29, 0.717) is 12.5 Å². The van der Waals surface area contributed by atoms with E-state index < -0.39 is 5.60 Å². The minimum atomic E-state index is -0.468. The fourth-order valence-electron chi connectivity index (χ4n) is 2.40. The number of ether oxygens (including phenoxy) is 1. The molecular formula is C14H23NO3. The monoisotopic (exact) mass is 253 g/mol. The fourth-order valence-corrected chi connectivity index (χ4v) is 2.40. The molecule has 0 aliphatic heterocycles. The Labute approximate surface area is 109 Å². The predicted octanol–water partition coefficient (Wildman–Crippen LogP) is 1.83. The van der Waals surface area contributed by atoms with Gasteiger partial charge in [-0.05, 0) is 39.5 Å². The van der Waals surface area contributed by atoms with Gasteiger partial charge in [-0.1, -0.05) is 6.92 Å². The topological polar surface area (TPSA) is 46.6 Å². The highest BCUT2D eigenvalue weighted by molar-refractivity contribution is 5.90. The van der Waals surface area contributed by atoms with Crippen molar-refractivity contribution in [1.82, 2.24) is 4.90 Å². The van der Waals surface area contributed by atoms with Crippen LogP contribution in [0.1, 0.15) is 40.5 Å². The second-order valence-electron chi connectivity index (χ2n) is 6.88.